The molecule has 0 amide bonds. The maximum absolute atomic E-state index is 11.6. The largest absolute Gasteiger partial charge is 0.325 e. The molecule has 0 aromatic carbocycles. The van der Waals surface area contributed by atoms with Crippen LogP contribution in [0.3, 0.4) is 0 Å². The molecule has 36 heavy (non-hydrogen) atoms. The van der Waals surface area contributed by atoms with Crippen LogP contribution in [0.4, 0.5) is 0 Å². The Balaban J connectivity index is 0.000000201. The first-order chi connectivity index (χ1) is 17.0. The Morgan fingerprint density at radius 1 is 0.750 bits per heavy atom. The average Bonchev–Trinajstić information content (AvgIpc) is 2.88. The smallest absolute Gasteiger partial charge is 0.175 e. The maximum atomic E-state index is 11.6. The van der Waals surface area contributed by atoms with Gasteiger partial charge in [-0.25, -0.2) is 26.8 Å². The Morgan fingerprint density at radius 2 is 1.25 bits per heavy atom. The van der Waals surface area contributed by atoms with Crippen molar-refractivity contribution in [3.63, 3.8) is 0 Å². The first kappa shape index (κ1) is 26.6. The molecular formula is C24H22N6O4S2. The molecule has 4 aromatic rings. The average molecular weight is 523 g/mol. The molecule has 12 heteroatoms. The minimum atomic E-state index is -3.38. The van der Waals surface area contributed by atoms with Crippen LogP contribution in [-0.2, 0) is 26.2 Å². The maximum Gasteiger partial charge on any atom is 0.175 e. The molecule has 0 aliphatic heterocycles. The van der Waals surface area contributed by atoms with Crippen LogP contribution in [0.1, 0.15) is 11.4 Å². The zero-order valence-electron chi connectivity index (χ0n) is 19.4. The number of aromatic nitrogens is 4. The van der Waals surface area contributed by atoms with E-state index in [0.717, 1.165) is 12.5 Å². The van der Waals surface area contributed by atoms with E-state index in [2.05, 4.69) is 19.9 Å². The van der Waals surface area contributed by atoms with Crippen molar-refractivity contribution in [1.82, 2.24) is 19.9 Å². The van der Waals surface area contributed by atoms with E-state index in [-0.39, 0.29) is 22.0 Å². The lowest BCUT2D eigenvalue weighted by Crippen LogP contribution is -2.05. The Kier molecular flexibility index (Phi) is 8.21. The molecule has 184 valence electrons. The monoisotopic (exact) mass is 522 g/mol. The second-order valence-electron chi connectivity index (χ2n) is 7.54. The van der Waals surface area contributed by atoms with Crippen LogP contribution < -0.4 is 5.73 Å². The van der Waals surface area contributed by atoms with Gasteiger partial charge in [-0.2, -0.15) is 5.26 Å². The highest BCUT2D eigenvalue weighted by molar-refractivity contribution is 7.91. The standard InChI is InChI=1S/C12H13N3O2S.C12H9N3O2S/c2*1-18(16,17)10-6-9(8-13)15-12(7-10)11-4-2-3-5-14-11/h2-7H,8,13H2,1H3;2-7H,1H3. The molecule has 10 nitrogen and oxygen atoms in total. The highest BCUT2D eigenvalue weighted by Gasteiger charge is 2.13. The van der Waals surface area contributed by atoms with Gasteiger partial charge in [0.2, 0.25) is 0 Å². The minimum Gasteiger partial charge on any atom is -0.325 e. The summed E-state index contributed by atoms with van der Waals surface area (Å²) in [5.74, 6) is 0. The van der Waals surface area contributed by atoms with Gasteiger partial charge >= 0.3 is 0 Å². The number of hydrogen-bond acceptors (Lipinski definition) is 10. The summed E-state index contributed by atoms with van der Waals surface area (Å²) in [4.78, 5) is 16.8. The summed E-state index contributed by atoms with van der Waals surface area (Å²) in [6.45, 7) is 0.184. The SMILES string of the molecule is CS(=O)(=O)c1cc(C#N)nc(-c2ccccn2)c1.CS(=O)(=O)c1cc(CN)nc(-c2ccccn2)c1. The molecule has 4 heterocycles. The van der Waals surface area contributed by atoms with Crippen LogP contribution in [0, 0.1) is 11.3 Å². The van der Waals surface area contributed by atoms with Crippen molar-refractivity contribution in [2.75, 3.05) is 12.5 Å². The molecule has 4 aromatic heterocycles. The molecule has 0 unspecified atom stereocenters. The molecule has 4 rings (SSSR count). The van der Waals surface area contributed by atoms with E-state index in [9.17, 15) is 16.8 Å². The summed E-state index contributed by atoms with van der Waals surface area (Å²) in [5, 5.41) is 8.87. The predicted molar refractivity (Wildman–Crippen MR) is 134 cm³/mol. The zero-order chi connectivity index (χ0) is 26.3. The van der Waals surface area contributed by atoms with Crippen molar-refractivity contribution in [3.05, 3.63) is 84.4 Å². The topological polar surface area (TPSA) is 170 Å². The van der Waals surface area contributed by atoms with Crippen molar-refractivity contribution in [3.8, 4) is 28.8 Å². The lowest BCUT2D eigenvalue weighted by Gasteiger charge is -2.06. The van der Waals surface area contributed by atoms with E-state index >= 15 is 0 Å². The molecule has 0 atom stereocenters. The van der Waals surface area contributed by atoms with E-state index in [1.165, 1.54) is 24.3 Å². The van der Waals surface area contributed by atoms with Crippen molar-refractivity contribution < 1.29 is 16.8 Å². The fourth-order valence-electron chi connectivity index (χ4n) is 2.95. The molecule has 0 saturated carbocycles. The second-order valence-corrected chi connectivity index (χ2v) is 11.6. The van der Waals surface area contributed by atoms with Gasteiger partial charge in [0.25, 0.3) is 0 Å². The highest BCUT2D eigenvalue weighted by Crippen LogP contribution is 2.21. The van der Waals surface area contributed by atoms with Gasteiger partial charge < -0.3 is 5.73 Å². The van der Waals surface area contributed by atoms with E-state index in [4.69, 9.17) is 11.0 Å². The fourth-order valence-corrected chi connectivity index (χ4v) is 4.27. The van der Waals surface area contributed by atoms with Gasteiger partial charge in [-0.1, -0.05) is 12.1 Å². The third-order valence-electron chi connectivity index (χ3n) is 4.69. The number of nitrogens with two attached hydrogens (primary N) is 1. The lowest BCUT2D eigenvalue weighted by molar-refractivity contribution is 0.600. The van der Waals surface area contributed by atoms with E-state index in [1.54, 1.807) is 42.7 Å². The Bertz CT molecular complexity index is 1620. The van der Waals surface area contributed by atoms with Gasteiger partial charge in [0.05, 0.1) is 38.3 Å². The normalized spacial score (nSPS) is 11.2. The van der Waals surface area contributed by atoms with E-state index < -0.39 is 19.7 Å². The van der Waals surface area contributed by atoms with Crippen LogP contribution in [0.25, 0.3) is 22.8 Å². The first-order valence-electron chi connectivity index (χ1n) is 10.4. The van der Waals surface area contributed by atoms with Crippen LogP contribution >= 0.6 is 0 Å². The third-order valence-corrected chi connectivity index (χ3v) is 6.87. The summed E-state index contributed by atoms with van der Waals surface area (Å²) < 4.78 is 46.2. The molecule has 0 bridgehead atoms. The highest BCUT2D eigenvalue weighted by atomic mass is 32.2. The minimum absolute atomic E-state index is 0.0542. The molecule has 0 radical (unpaired) electrons. The second kappa shape index (κ2) is 11.1. The molecular weight excluding hydrogens is 500 g/mol. The molecule has 0 aliphatic rings. The van der Waals surface area contributed by atoms with Crippen molar-refractivity contribution in [2.24, 2.45) is 5.73 Å². The van der Waals surface area contributed by atoms with E-state index in [0.29, 0.717) is 28.5 Å². The van der Waals surface area contributed by atoms with Crippen LogP contribution in [0.2, 0.25) is 0 Å². The molecule has 0 spiro atoms. The summed E-state index contributed by atoms with van der Waals surface area (Å²) in [6.07, 6.45) is 5.46. The van der Waals surface area contributed by atoms with Gasteiger partial charge in [0.1, 0.15) is 11.8 Å². The molecule has 0 aliphatic carbocycles. The van der Waals surface area contributed by atoms with Gasteiger partial charge in [0, 0.05) is 31.4 Å². The Morgan fingerprint density at radius 3 is 1.67 bits per heavy atom. The van der Waals surface area contributed by atoms with Crippen LogP contribution in [0.5, 0.6) is 0 Å². The zero-order valence-corrected chi connectivity index (χ0v) is 21.0. The van der Waals surface area contributed by atoms with Crippen LogP contribution in [0.15, 0.2) is 82.8 Å². The summed E-state index contributed by atoms with van der Waals surface area (Å²) in [5.41, 5.74) is 8.15. The van der Waals surface area contributed by atoms with Crippen LogP contribution in [-0.4, -0.2) is 49.3 Å². The van der Waals surface area contributed by atoms with Crippen molar-refractivity contribution in [1.29, 1.82) is 5.26 Å². The number of pyridine rings is 4. The summed E-state index contributed by atoms with van der Waals surface area (Å²) >= 11 is 0. The van der Waals surface area contributed by atoms with Gasteiger partial charge in [-0.05, 0) is 48.5 Å². The van der Waals surface area contributed by atoms with Gasteiger partial charge in [-0.15, -0.1) is 0 Å². The quantitative estimate of drug-likeness (QED) is 0.410. The third kappa shape index (κ3) is 6.98. The van der Waals surface area contributed by atoms with E-state index in [1.807, 2.05) is 12.1 Å². The lowest BCUT2D eigenvalue weighted by atomic mass is 10.2. The van der Waals surface area contributed by atoms with Gasteiger partial charge in [-0.3, -0.25) is 9.97 Å². The number of nitriles is 1. The number of sulfone groups is 2. The molecule has 0 saturated heterocycles. The number of rotatable bonds is 5. The molecule has 0 fully saturated rings. The predicted octanol–water partition coefficient (Wildman–Crippen LogP) is 2.42. The van der Waals surface area contributed by atoms with Crippen molar-refractivity contribution in [2.45, 2.75) is 16.3 Å². The first-order valence-corrected chi connectivity index (χ1v) is 14.2. The summed E-state index contributed by atoms with van der Waals surface area (Å²) in [7, 11) is -6.67. The number of nitrogens with zero attached hydrogens (tertiary/aromatic N) is 5. The van der Waals surface area contributed by atoms with Crippen molar-refractivity contribution >= 4 is 19.7 Å². The molecule has 2 N–H and O–H groups in total. The Hall–Kier alpha value is -4.05. The number of hydrogen-bond donors (Lipinski definition) is 1. The van der Waals surface area contributed by atoms with Gasteiger partial charge in [0.15, 0.2) is 19.7 Å². The fraction of sp³-hybridized carbons (Fsp3) is 0.125. The Labute approximate surface area is 209 Å². The summed E-state index contributed by atoms with van der Waals surface area (Å²) in [6, 6.07) is 18.1.